The quantitative estimate of drug-likeness (QED) is 0.217. The molecule has 0 fully saturated rings. The van der Waals surface area contributed by atoms with Gasteiger partial charge in [0.05, 0.1) is 45.4 Å². The normalized spacial score (nSPS) is 11.9. The van der Waals surface area contributed by atoms with Crippen LogP contribution in [0.1, 0.15) is 10.4 Å². The molecule has 13 heteroatoms. The van der Waals surface area contributed by atoms with Crippen LogP contribution in [0, 0.1) is 11.8 Å². The first-order valence-corrected chi connectivity index (χ1v) is 14.3. The van der Waals surface area contributed by atoms with Crippen molar-refractivity contribution in [3.8, 4) is 17.6 Å². The molecule has 3 aromatic rings. The summed E-state index contributed by atoms with van der Waals surface area (Å²) in [5.74, 6) is 6.01. The highest BCUT2D eigenvalue weighted by atomic mass is 32.2. The van der Waals surface area contributed by atoms with Gasteiger partial charge in [0.2, 0.25) is 10.0 Å². The molecule has 0 saturated heterocycles. The number of fused-ring (bicyclic) bond motifs is 1. The van der Waals surface area contributed by atoms with Gasteiger partial charge in [-0.05, 0) is 43.2 Å². The Morgan fingerprint density at radius 1 is 1.10 bits per heavy atom. The van der Waals surface area contributed by atoms with Crippen LogP contribution < -0.4 is 20.5 Å². The fourth-order valence-electron chi connectivity index (χ4n) is 3.64. The summed E-state index contributed by atoms with van der Waals surface area (Å²) in [7, 11) is 1.45. The highest BCUT2D eigenvalue weighted by Gasteiger charge is 2.31. The van der Waals surface area contributed by atoms with Gasteiger partial charge in [-0.25, -0.2) is 13.6 Å². The maximum absolute atomic E-state index is 13.5. The summed E-state index contributed by atoms with van der Waals surface area (Å²) < 4.78 is 75.2. The zero-order chi connectivity index (χ0) is 28.6. The number of halogens is 3. The smallest absolute Gasteiger partial charge is 0.393 e. The minimum absolute atomic E-state index is 0.0724. The average Bonchev–Trinajstić information content (AvgIpc) is 3.18. The van der Waals surface area contributed by atoms with Gasteiger partial charge in [0.15, 0.2) is 0 Å². The number of methoxy groups -OCH3 is 1. The van der Waals surface area contributed by atoms with E-state index in [-0.39, 0.29) is 36.0 Å². The largest absolute Gasteiger partial charge is 0.489 e. The van der Waals surface area contributed by atoms with Gasteiger partial charge in [0.1, 0.15) is 12.4 Å². The average molecular weight is 585 g/mol. The molecule has 0 amide bonds. The fraction of sp³-hybridized carbons (Fsp3) is 0.385. The lowest BCUT2D eigenvalue weighted by Crippen LogP contribution is -2.20. The number of primary sulfonamides is 1. The predicted octanol–water partition coefficient (Wildman–Crippen LogP) is 4.12. The van der Waals surface area contributed by atoms with Crippen molar-refractivity contribution in [1.29, 1.82) is 0 Å². The molecule has 1 aromatic heterocycles. The molecule has 0 unspecified atom stereocenters. The van der Waals surface area contributed by atoms with Gasteiger partial charge >= 0.3 is 6.18 Å². The molecule has 0 saturated carbocycles. The lowest BCUT2D eigenvalue weighted by Gasteiger charge is -2.13. The van der Waals surface area contributed by atoms with E-state index < -0.39 is 22.6 Å². The lowest BCUT2D eigenvalue weighted by atomic mass is 10.1. The summed E-state index contributed by atoms with van der Waals surface area (Å²) in [4.78, 5) is 2.23. The van der Waals surface area contributed by atoms with E-state index in [4.69, 9.17) is 14.6 Å². The molecule has 1 heterocycles. The van der Waals surface area contributed by atoms with Crippen molar-refractivity contribution in [2.45, 2.75) is 17.5 Å². The number of alkyl halides is 3. The summed E-state index contributed by atoms with van der Waals surface area (Å²) >= 11 is 1.22. The van der Waals surface area contributed by atoms with Crippen molar-refractivity contribution >= 4 is 42.8 Å². The molecular weight excluding hydrogens is 553 g/mol. The molecule has 0 aliphatic rings. The van der Waals surface area contributed by atoms with Crippen molar-refractivity contribution in [3.63, 3.8) is 0 Å². The number of sulfonamides is 1. The van der Waals surface area contributed by atoms with Gasteiger partial charge in [-0.1, -0.05) is 24.0 Å². The third-order valence-corrected chi connectivity index (χ3v) is 7.57. The zero-order valence-corrected chi connectivity index (χ0v) is 23.4. The number of benzene rings is 2. The van der Waals surface area contributed by atoms with Crippen LogP contribution in [-0.2, 0) is 21.2 Å². The Labute approximate surface area is 230 Å². The summed E-state index contributed by atoms with van der Waals surface area (Å²) in [6.07, 6.45) is -5.48. The third kappa shape index (κ3) is 9.01. The molecule has 0 spiro atoms. The van der Waals surface area contributed by atoms with Crippen molar-refractivity contribution in [1.82, 2.24) is 4.90 Å². The van der Waals surface area contributed by atoms with Gasteiger partial charge in [-0.3, -0.25) is 0 Å². The first-order valence-electron chi connectivity index (χ1n) is 11.9. The second-order valence-electron chi connectivity index (χ2n) is 8.81. The van der Waals surface area contributed by atoms with Crippen LogP contribution in [0.3, 0.4) is 0 Å². The van der Waals surface area contributed by atoms with E-state index >= 15 is 0 Å². The van der Waals surface area contributed by atoms with E-state index in [0.717, 1.165) is 16.9 Å². The first kappa shape index (κ1) is 30.5. The van der Waals surface area contributed by atoms with Gasteiger partial charge in [0.25, 0.3) is 0 Å². The number of hydrogen-bond donors (Lipinski definition) is 3. The number of anilines is 2. The maximum atomic E-state index is 13.5. The second-order valence-corrected chi connectivity index (χ2v) is 11.4. The van der Waals surface area contributed by atoms with Crippen molar-refractivity contribution in [3.05, 3.63) is 46.8 Å². The minimum Gasteiger partial charge on any atom is -0.489 e. The molecule has 3 rings (SSSR count). The Morgan fingerprint density at radius 3 is 2.54 bits per heavy atom. The Kier molecular flexibility index (Phi) is 10.5. The summed E-state index contributed by atoms with van der Waals surface area (Å²) in [5.41, 5.74) is 1.36. The molecule has 212 valence electrons. The van der Waals surface area contributed by atoms with Crippen LogP contribution in [0.2, 0.25) is 0 Å². The Hall–Kier alpha value is -3.02. The SMILES string of the molecule is COCCOc1cc(S(N)(=O)=O)ccc1NCC#Cc1sc2c(NCCN(C)C)cccc2c1CC(F)(F)F. The maximum Gasteiger partial charge on any atom is 0.393 e. The van der Waals surface area contributed by atoms with E-state index in [2.05, 4.69) is 22.5 Å². The van der Waals surface area contributed by atoms with Crippen LogP contribution >= 0.6 is 11.3 Å². The zero-order valence-electron chi connectivity index (χ0n) is 21.8. The van der Waals surface area contributed by atoms with Crippen molar-refractivity contribution in [2.24, 2.45) is 5.14 Å². The van der Waals surface area contributed by atoms with Gasteiger partial charge < -0.3 is 25.0 Å². The lowest BCUT2D eigenvalue weighted by molar-refractivity contribution is -0.126. The Balaban J connectivity index is 1.87. The van der Waals surface area contributed by atoms with E-state index in [1.54, 1.807) is 12.1 Å². The van der Waals surface area contributed by atoms with Gasteiger partial charge in [-0.15, -0.1) is 11.3 Å². The Morgan fingerprint density at radius 2 is 1.87 bits per heavy atom. The molecule has 2 aromatic carbocycles. The number of nitrogens with two attached hydrogens (primary N) is 1. The van der Waals surface area contributed by atoms with Gasteiger partial charge in [0, 0.05) is 26.3 Å². The number of nitrogens with one attached hydrogen (secondary N) is 2. The molecule has 0 aliphatic heterocycles. The summed E-state index contributed by atoms with van der Waals surface area (Å²) in [5, 5.41) is 12.1. The highest BCUT2D eigenvalue weighted by Crippen LogP contribution is 2.39. The third-order valence-electron chi connectivity index (χ3n) is 5.47. The van der Waals surface area contributed by atoms with Crippen LogP contribution in [-0.4, -0.2) is 73.5 Å². The molecular formula is C26H31F3N4O4S2. The van der Waals surface area contributed by atoms with Crippen LogP contribution in [0.15, 0.2) is 41.3 Å². The molecule has 39 heavy (non-hydrogen) atoms. The fourth-order valence-corrected chi connectivity index (χ4v) is 5.36. The molecule has 0 radical (unpaired) electrons. The monoisotopic (exact) mass is 584 g/mol. The first-order chi connectivity index (χ1) is 18.4. The van der Waals surface area contributed by atoms with Gasteiger partial charge in [-0.2, -0.15) is 13.2 Å². The van der Waals surface area contributed by atoms with E-state index in [0.29, 0.717) is 22.5 Å². The Bertz CT molecular complexity index is 1450. The van der Waals surface area contributed by atoms with Crippen molar-refractivity contribution in [2.75, 3.05) is 64.7 Å². The van der Waals surface area contributed by atoms with E-state index in [1.807, 2.05) is 25.1 Å². The van der Waals surface area contributed by atoms with Crippen molar-refractivity contribution < 1.29 is 31.1 Å². The van der Waals surface area contributed by atoms with E-state index in [9.17, 15) is 21.6 Å². The summed E-state index contributed by atoms with van der Waals surface area (Å²) in [6, 6.07) is 9.38. The molecule has 0 atom stereocenters. The van der Waals surface area contributed by atoms with Crippen LogP contribution in [0.25, 0.3) is 10.1 Å². The molecule has 0 bridgehead atoms. The number of nitrogens with zero attached hydrogens (tertiary/aromatic N) is 1. The number of rotatable bonds is 12. The van der Waals surface area contributed by atoms with Crippen LogP contribution in [0.4, 0.5) is 24.5 Å². The molecule has 8 nitrogen and oxygen atoms in total. The highest BCUT2D eigenvalue weighted by molar-refractivity contribution is 7.89. The second kappa shape index (κ2) is 13.4. The standard InChI is InChI=1S/C26H31F3N4O4S2/c1-33(2)13-12-32-22-7-4-6-19-20(17-26(27,28)29)24(38-25(19)22)8-5-11-31-21-10-9-18(39(30,34)35)16-23(21)37-15-14-36-3/h4,6-7,9-10,16,31-32H,11-15,17H2,1-3H3,(H2,30,34,35). The molecule has 4 N–H and O–H groups in total. The number of likely N-dealkylation sites (N-methyl/N-ethyl adjacent to an activating group) is 1. The van der Waals surface area contributed by atoms with Crippen LogP contribution in [0.5, 0.6) is 5.75 Å². The summed E-state index contributed by atoms with van der Waals surface area (Å²) in [6.45, 7) is 1.92. The topological polar surface area (TPSA) is 106 Å². The molecule has 0 aliphatic carbocycles. The minimum atomic E-state index is -4.39. The predicted molar refractivity (Wildman–Crippen MR) is 149 cm³/mol. The number of hydrogen-bond acceptors (Lipinski definition) is 8. The van der Waals surface area contributed by atoms with E-state index in [1.165, 1.54) is 36.6 Å². The number of ether oxygens (including phenoxy) is 2. The number of thiophene rings is 1.